The third kappa shape index (κ3) is 7.58. The normalized spacial score (nSPS) is 19.1. The zero-order valence-corrected chi connectivity index (χ0v) is 10.4. The largest absolute Gasteiger partial charge is 0.0741 e. The molecule has 1 rings (SSSR count). The van der Waals surface area contributed by atoms with E-state index in [0.717, 1.165) is 23.0 Å². The molecule has 0 saturated carbocycles. The summed E-state index contributed by atoms with van der Waals surface area (Å²) in [7, 11) is 0. The minimum atomic E-state index is 1.08. The van der Waals surface area contributed by atoms with Crippen LogP contribution < -0.4 is 0 Å². The van der Waals surface area contributed by atoms with Crippen LogP contribution in [0.15, 0.2) is 0 Å². The van der Waals surface area contributed by atoms with Crippen LogP contribution in [0.5, 0.6) is 0 Å². The average molecular weight is 246 g/mol. The van der Waals surface area contributed by atoms with Gasteiger partial charge in [0, 0.05) is 23.0 Å². The van der Waals surface area contributed by atoms with Gasteiger partial charge in [-0.3, -0.25) is 0 Å². The second-order valence-electron chi connectivity index (χ2n) is 2.16. The standard InChI is InChI=1S/C9H10S4/c1-2-10-4-6-12-8-9-13-7-5-11-3-1/h1-3,8-9H2. The van der Waals surface area contributed by atoms with Gasteiger partial charge in [-0.05, 0) is 27.4 Å². The molecule has 0 unspecified atom stereocenters. The Kier molecular flexibility index (Phi) is 8.11. The Morgan fingerprint density at radius 2 is 0.923 bits per heavy atom. The Labute approximate surface area is 97.1 Å². The maximum absolute atomic E-state index is 3.09. The lowest BCUT2D eigenvalue weighted by Gasteiger charge is -1.90. The summed E-state index contributed by atoms with van der Waals surface area (Å²) in [5.41, 5.74) is 0. The Morgan fingerprint density at radius 3 is 1.38 bits per heavy atom. The van der Waals surface area contributed by atoms with Crippen LogP contribution in [0.4, 0.5) is 0 Å². The summed E-state index contributed by atoms with van der Waals surface area (Å²) >= 11 is 6.84. The van der Waals surface area contributed by atoms with Crippen molar-refractivity contribution in [1.29, 1.82) is 0 Å². The Morgan fingerprint density at radius 1 is 0.538 bits per heavy atom. The molecule has 13 heavy (non-hydrogen) atoms. The molecule has 0 radical (unpaired) electrons. The van der Waals surface area contributed by atoms with E-state index in [1.807, 2.05) is 0 Å². The maximum Gasteiger partial charge on any atom is 0.0157 e. The van der Waals surface area contributed by atoms with Crippen LogP contribution in [0.2, 0.25) is 0 Å². The molecule has 70 valence electrons. The van der Waals surface area contributed by atoms with Gasteiger partial charge >= 0.3 is 0 Å². The van der Waals surface area contributed by atoms with Crippen LogP contribution in [0.1, 0.15) is 6.42 Å². The van der Waals surface area contributed by atoms with Crippen molar-refractivity contribution in [1.82, 2.24) is 0 Å². The van der Waals surface area contributed by atoms with Gasteiger partial charge in [-0.25, -0.2) is 0 Å². The van der Waals surface area contributed by atoms with Crippen molar-refractivity contribution >= 4 is 47.0 Å². The summed E-state index contributed by atoms with van der Waals surface area (Å²) < 4.78 is 0. The first-order chi connectivity index (χ1) is 6.50. The smallest absolute Gasteiger partial charge is 0.0157 e. The highest BCUT2D eigenvalue weighted by molar-refractivity contribution is 8.09. The minimum absolute atomic E-state index is 1.08. The van der Waals surface area contributed by atoms with E-state index in [-0.39, 0.29) is 0 Å². The van der Waals surface area contributed by atoms with Crippen LogP contribution in [-0.4, -0.2) is 23.0 Å². The molecule has 0 atom stereocenters. The lowest BCUT2D eigenvalue weighted by Crippen LogP contribution is -1.79. The van der Waals surface area contributed by atoms with Crippen molar-refractivity contribution < 1.29 is 0 Å². The Hall–Kier alpha value is 0.520. The third-order valence-corrected chi connectivity index (χ3v) is 4.46. The molecule has 0 nitrogen and oxygen atoms in total. The van der Waals surface area contributed by atoms with Crippen LogP contribution in [0, 0.1) is 21.0 Å². The van der Waals surface area contributed by atoms with Crippen molar-refractivity contribution in [2.45, 2.75) is 6.42 Å². The van der Waals surface area contributed by atoms with Gasteiger partial charge in [-0.2, -0.15) is 0 Å². The summed E-state index contributed by atoms with van der Waals surface area (Å²) in [6.45, 7) is 0. The van der Waals surface area contributed by atoms with Crippen LogP contribution >= 0.6 is 47.0 Å². The van der Waals surface area contributed by atoms with Gasteiger partial charge in [0.1, 0.15) is 0 Å². The highest BCUT2D eigenvalue weighted by atomic mass is 32.2. The van der Waals surface area contributed by atoms with Gasteiger partial charge in [0.05, 0.1) is 0 Å². The van der Waals surface area contributed by atoms with Crippen molar-refractivity contribution in [3.05, 3.63) is 0 Å². The van der Waals surface area contributed by atoms with Gasteiger partial charge in [-0.15, -0.1) is 0 Å². The summed E-state index contributed by atoms with van der Waals surface area (Å²) in [6.07, 6.45) is 1.20. The summed E-state index contributed by atoms with van der Waals surface area (Å²) in [6, 6.07) is 0. The zero-order chi connectivity index (χ0) is 9.19. The fourth-order valence-corrected chi connectivity index (χ4v) is 3.39. The van der Waals surface area contributed by atoms with Gasteiger partial charge in [0.25, 0.3) is 0 Å². The molecule has 0 N–H and O–H groups in total. The van der Waals surface area contributed by atoms with Gasteiger partial charge in [0.2, 0.25) is 0 Å². The van der Waals surface area contributed by atoms with Gasteiger partial charge < -0.3 is 0 Å². The highest BCUT2D eigenvalue weighted by Crippen LogP contribution is 2.10. The fraction of sp³-hybridized carbons (Fsp3) is 0.556. The molecule has 0 fully saturated rings. The number of rotatable bonds is 0. The fourth-order valence-electron chi connectivity index (χ4n) is 0.609. The lowest BCUT2D eigenvalue weighted by atomic mass is 10.6. The van der Waals surface area contributed by atoms with E-state index < -0.39 is 0 Å². The first-order valence-electron chi connectivity index (χ1n) is 3.97. The zero-order valence-electron chi connectivity index (χ0n) is 7.17. The van der Waals surface area contributed by atoms with E-state index in [1.165, 1.54) is 6.42 Å². The first-order valence-corrected chi connectivity index (χ1v) is 7.91. The SMILES string of the molecule is C1#CSCCSC#CSCCCS1. The summed E-state index contributed by atoms with van der Waals surface area (Å²) in [5.74, 6) is 4.43. The second-order valence-corrected chi connectivity index (χ2v) is 5.76. The molecule has 1 aliphatic rings. The Bertz CT molecular complexity index is 214. The second kappa shape index (κ2) is 9.09. The van der Waals surface area contributed by atoms with E-state index in [0.29, 0.717) is 0 Å². The lowest BCUT2D eigenvalue weighted by molar-refractivity contribution is 1.13. The number of hydrogen-bond acceptors (Lipinski definition) is 4. The molecule has 0 aliphatic carbocycles. The maximum atomic E-state index is 3.09. The van der Waals surface area contributed by atoms with E-state index in [9.17, 15) is 0 Å². The quantitative estimate of drug-likeness (QED) is 0.602. The van der Waals surface area contributed by atoms with Crippen LogP contribution in [0.3, 0.4) is 0 Å². The summed E-state index contributed by atoms with van der Waals surface area (Å²) in [4.78, 5) is 0. The highest BCUT2D eigenvalue weighted by Gasteiger charge is 1.89. The first kappa shape index (κ1) is 11.6. The van der Waals surface area contributed by atoms with Crippen molar-refractivity contribution in [2.75, 3.05) is 23.0 Å². The average Bonchev–Trinajstić information content (AvgIpc) is 2.18. The Balaban J connectivity index is 2.25. The predicted octanol–water partition coefficient (Wildman–Crippen LogP) is 3.16. The van der Waals surface area contributed by atoms with E-state index in [4.69, 9.17) is 0 Å². The third-order valence-electron chi connectivity index (χ3n) is 1.15. The molecule has 4 heteroatoms. The number of thioether (sulfide) groups is 4. The molecule has 0 aromatic carbocycles. The molecule has 0 saturated heterocycles. The van der Waals surface area contributed by atoms with E-state index in [1.54, 1.807) is 47.0 Å². The predicted molar refractivity (Wildman–Crippen MR) is 70.0 cm³/mol. The van der Waals surface area contributed by atoms with Crippen molar-refractivity contribution in [2.24, 2.45) is 0 Å². The molecule has 0 amide bonds. The van der Waals surface area contributed by atoms with Gasteiger partial charge in [-0.1, -0.05) is 47.0 Å². The number of hydrogen-bond donors (Lipinski definition) is 0. The molecular weight excluding hydrogens is 236 g/mol. The molecule has 0 bridgehead atoms. The molecule has 1 aliphatic heterocycles. The van der Waals surface area contributed by atoms with E-state index >= 15 is 0 Å². The minimum Gasteiger partial charge on any atom is -0.0741 e. The summed E-state index contributed by atoms with van der Waals surface area (Å²) in [5, 5.41) is 12.4. The van der Waals surface area contributed by atoms with Crippen molar-refractivity contribution in [3.8, 4) is 21.0 Å². The van der Waals surface area contributed by atoms with E-state index in [2.05, 4.69) is 21.0 Å². The van der Waals surface area contributed by atoms with Crippen molar-refractivity contribution in [3.63, 3.8) is 0 Å². The monoisotopic (exact) mass is 246 g/mol. The molecular formula is C9H10S4. The van der Waals surface area contributed by atoms with Crippen LogP contribution in [-0.2, 0) is 0 Å². The molecule has 1 heterocycles. The molecule has 0 aromatic rings. The molecule has 0 aromatic heterocycles. The van der Waals surface area contributed by atoms with Crippen LogP contribution in [0.25, 0.3) is 0 Å². The van der Waals surface area contributed by atoms with Gasteiger partial charge in [0.15, 0.2) is 0 Å². The topological polar surface area (TPSA) is 0 Å². The molecule has 0 spiro atoms.